The molecule has 2 aliphatic carbocycles. The van der Waals surface area contributed by atoms with E-state index in [1.807, 2.05) is 18.2 Å². The number of rotatable bonds is 4. The monoisotopic (exact) mass is 379 g/mol. The third-order valence-electron chi connectivity index (χ3n) is 7.12. The summed E-state index contributed by atoms with van der Waals surface area (Å²) in [7, 11) is 3.31. The number of carboxylic acids is 1. The summed E-state index contributed by atoms with van der Waals surface area (Å²) >= 11 is 0. The number of carboxylic acid groups (broad SMARTS) is 1. The molecule has 0 unspecified atom stereocenters. The molecule has 0 radical (unpaired) electrons. The van der Waals surface area contributed by atoms with E-state index in [1.54, 1.807) is 20.3 Å². The summed E-state index contributed by atoms with van der Waals surface area (Å²) in [5.74, 6) is 2.69. The highest BCUT2D eigenvalue weighted by Gasteiger charge is 2.54. The van der Waals surface area contributed by atoms with Crippen molar-refractivity contribution in [3.63, 3.8) is 0 Å². The smallest absolute Gasteiger partial charge is 0.337 e. The Kier molecular flexibility index (Phi) is 4.00. The van der Waals surface area contributed by atoms with Crippen molar-refractivity contribution < 1.29 is 19.4 Å². The lowest BCUT2D eigenvalue weighted by atomic mass is 9.67. The average Bonchev–Trinajstić information content (AvgIpc) is 3.34. The molecule has 0 spiro atoms. The zero-order chi connectivity index (χ0) is 19.4. The summed E-state index contributed by atoms with van der Waals surface area (Å²) in [6, 6.07) is 11.7. The predicted molar refractivity (Wildman–Crippen MR) is 106 cm³/mol. The lowest BCUT2D eigenvalue weighted by Crippen LogP contribution is -2.36. The van der Waals surface area contributed by atoms with Crippen LogP contribution >= 0.6 is 0 Å². The van der Waals surface area contributed by atoms with E-state index in [4.69, 9.17) is 9.47 Å². The van der Waals surface area contributed by atoms with Gasteiger partial charge in [0, 0.05) is 5.56 Å². The fourth-order valence-electron chi connectivity index (χ4n) is 6.16. The lowest BCUT2D eigenvalue weighted by Gasteiger charge is -2.44. The molecule has 0 saturated heterocycles. The van der Waals surface area contributed by atoms with Crippen molar-refractivity contribution in [1.29, 1.82) is 0 Å². The molecule has 5 nitrogen and oxygen atoms in total. The quantitative estimate of drug-likeness (QED) is 0.806. The first-order valence-corrected chi connectivity index (χ1v) is 9.97. The molecule has 3 aliphatic rings. The molecule has 0 amide bonds. The highest BCUT2D eigenvalue weighted by molar-refractivity contribution is 5.95. The summed E-state index contributed by atoms with van der Waals surface area (Å²) in [5, 5.41) is 13.4. The van der Waals surface area contributed by atoms with E-state index in [-0.39, 0.29) is 6.04 Å². The van der Waals surface area contributed by atoms with Crippen LogP contribution in [-0.4, -0.2) is 25.3 Å². The molecule has 2 saturated carbocycles. The van der Waals surface area contributed by atoms with Gasteiger partial charge in [0.05, 0.1) is 31.5 Å². The van der Waals surface area contributed by atoms with Crippen LogP contribution in [0.1, 0.15) is 52.7 Å². The van der Waals surface area contributed by atoms with Crippen molar-refractivity contribution in [3.05, 3.63) is 53.1 Å². The van der Waals surface area contributed by atoms with Crippen LogP contribution < -0.4 is 14.8 Å². The third-order valence-corrected chi connectivity index (χ3v) is 7.12. The first-order chi connectivity index (χ1) is 13.6. The van der Waals surface area contributed by atoms with Crippen LogP contribution in [0, 0.1) is 17.8 Å². The van der Waals surface area contributed by atoms with Gasteiger partial charge in [-0.3, -0.25) is 0 Å². The molecule has 2 fully saturated rings. The molecule has 146 valence electrons. The second-order valence-electron chi connectivity index (χ2n) is 8.22. The SMILES string of the molecule is COc1cccc([C@H]2Nc3c(C(=O)O)cccc3[C@H]3[C@H]4CC[C@H](C4)[C@H]32)c1OC. The molecule has 2 bridgehead atoms. The maximum atomic E-state index is 11.9. The fraction of sp³-hybridized carbons (Fsp3) is 0.435. The van der Waals surface area contributed by atoms with E-state index in [2.05, 4.69) is 17.4 Å². The Morgan fingerprint density at radius 3 is 2.54 bits per heavy atom. The molecular weight excluding hydrogens is 354 g/mol. The summed E-state index contributed by atoms with van der Waals surface area (Å²) in [6.07, 6.45) is 3.73. The number of aromatic carboxylic acids is 1. The molecule has 1 aliphatic heterocycles. The molecule has 5 heteroatoms. The largest absolute Gasteiger partial charge is 0.493 e. The Labute approximate surface area is 164 Å². The molecular formula is C23H25NO4. The number of nitrogens with one attached hydrogen (secondary N) is 1. The number of para-hydroxylation sites is 2. The number of fused-ring (bicyclic) bond motifs is 7. The van der Waals surface area contributed by atoms with Gasteiger partial charge in [-0.15, -0.1) is 0 Å². The minimum absolute atomic E-state index is 0.0124. The number of methoxy groups -OCH3 is 2. The molecule has 2 aromatic carbocycles. The van der Waals surface area contributed by atoms with Crippen molar-refractivity contribution in [3.8, 4) is 11.5 Å². The van der Waals surface area contributed by atoms with Crippen molar-refractivity contribution in [1.82, 2.24) is 0 Å². The molecule has 2 N–H and O–H groups in total. The van der Waals surface area contributed by atoms with E-state index in [0.29, 0.717) is 35.0 Å². The van der Waals surface area contributed by atoms with Gasteiger partial charge < -0.3 is 19.9 Å². The predicted octanol–water partition coefficient (Wildman–Crippen LogP) is 4.70. The maximum absolute atomic E-state index is 11.9. The van der Waals surface area contributed by atoms with Crippen molar-refractivity contribution >= 4 is 11.7 Å². The van der Waals surface area contributed by atoms with Crippen molar-refractivity contribution in [2.75, 3.05) is 19.5 Å². The topological polar surface area (TPSA) is 67.8 Å². The molecule has 28 heavy (non-hydrogen) atoms. The van der Waals surface area contributed by atoms with Gasteiger partial charge in [-0.25, -0.2) is 4.79 Å². The van der Waals surface area contributed by atoms with Crippen LogP contribution in [0.3, 0.4) is 0 Å². The van der Waals surface area contributed by atoms with E-state index in [9.17, 15) is 9.90 Å². The highest BCUT2D eigenvalue weighted by Crippen LogP contribution is 2.64. The van der Waals surface area contributed by atoms with Gasteiger partial charge in [-0.05, 0) is 60.6 Å². The second kappa shape index (κ2) is 6.43. The van der Waals surface area contributed by atoms with Crippen LogP contribution in [0.25, 0.3) is 0 Å². The van der Waals surface area contributed by atoms with Crippen molar-refractivity contribution in [2.45, 2.75) is 31.2 Å². The van der Waals surface area contributed by atoms with Crippen LogP contribution in [0.2, 0.25) is 0 Å². The second-order valence-corrected chi connectivity index (χ2v) is 8.22. The molecule has 5 atom stereocenters. The number of ether oxygens (including phenoxy) is 2. The Bertz CT molecular complexity index is 940. The normalized spacial score (nSPS) is 29.6. The van der Waals surface area contributed by atoms with Gasteiger partial charge in [0.15, 0.2) is 11.5 Å². The number of anilines is 1. The molecule has 0 aromatic heterocycles. The first kappa shape index (κ1) is 17.4. The van der Waals surface area contributed by atoms with Gasteiger partial charge in [0.2, 0.25) is 0 Å². The third kappa shape index (κ3) is 2.35. The number of benzene rings is 2. The van der Waals surface area contributed by atoms with E-state index in [1.165, 1.54) is 24.8 Å². The van der Waals surface area contributed by atoms with Gasteiger partial charge in [-0.2, -0.15) is 0 Å². The minimum Gasteiger partial charge on any atom is -0.493 e. The Morgan fingerprint density at radius 1 is 1.04 bits per heavy atom. The zero-order valence-electron chi connectivity index (χ0n) is 16.1. The van der Waals surface area contributed by atoms with Crippen LogP contribution in [0.4, 0.5) is 5.69 Å². The first-order valence-electron chi connectivity index (χ1n) is 9.97. The summed E-state index contributed by atoms with van der Waals surface area (Å²) in [4.78, 5) is 11.9. The Balaban J connectivity index is 1.70. The van der Waals surface area contributed by atoms with E-state index < -0.39 is 5.97 Å². The number of hydrogen-bond donors (Lipinski definition) is 2. The van der Waals surface area contributed by atoms with Gasteiger partial charge >= 0.3 is 5.97 Å². The highest BCUT2D eigenvalue weighted by atomic mass is 16.5. The summed E-state index contributed by atoms with van der Waals surface area (Å²) < 4.78 is 11.3. The van der Waals surface area contributed by atoms with Crippen molar-refractivity contribution in [2.24, 2.45) is 17.8 Å². The van der Waals surface area contributed by atoms with Crippen LogP contribution in [0.5, 0.6) is 11.5 Å². The average molecular weight is 379 g/mol. The van der Waals surface area contributed by atoms with E-state index in [0.717, 1.165) is 17.0 Å². The number of hydrogen-bond acceptors (Lipinski definition) is 4. The summed E-state index contributed by atoms with van der Waals surface area (Å²) in [5.41, 5.74) is 3.36. The van der Waals surface area contributed by atoms with Gasteiger partial charge in [0.1, 0.15) is 0 Å². The zero-order valence-corrected chi connectivity index (χ0v) is 16.1. The lowest BCUT2D eigenvalue weighted by molar-refractivity contribution is 0.0697. The Hall–Kier alpha value is -2.69. The molecule has 1 heterocycles. The van der Waals surface area contributed by atoms with Gasteiger partial charge in [0.25, 0.3) is 0 Å². The fourth-order valence-corrected chi connectivity index (χ4v) is 6.16. The number of carbonyl (C=O) groups is 1. The standard InChI is InChI=1S/C23H25NO4/c1-27-17-8-4-6-15(22(17)28-2)21-19-13-10-9-12(11-13)18(19)14-5-3-7-16(23(25)26)20(14)24-21/h3-8,12-13,18-19,21,24H,9-11H2,1-2H3,(H,25,26)/t12-,13+,18+,19+,21+/m0/s1. The Morgan fingerprint density at radius 2 is 1.79 bits per heavy atom. The van der Waals surface area contributed by atoms with E-state index >= 15 is 0 Å². The summed E-state index contributed by atoms with van der Waals surface area (Å²) in [6.45, 7) is 0. The maximum Gasteiger partial charge on any atom is 0.337 e. The minimum atomic E-state index is -0.887. The van der Waals surface area contributed by atoms with Gasteiger partial charge in [-0.1, -0.05) is 24.3 Å². The van der Waals surface area contributed by atoms with Crippen LogP contribution in [-0.2, 0) is 0 Å². The van der Waals surface area contributed by atoms with Crippen LogP contribution in [0.15, 0.2) is 36.4 Å². The molecule has 5 rings (SSSR count). The molecule has 2 aromatic rings.